The zero-order chi connectivity index (χ0) is 22.1. The Labute approximate surface area is 185 Å². The fourth-order valence-corrected chi connectivity index (χ4v) is 5.11. The molecule has 1 heterocycles. The highest BCUT2D eigenvalue weighted by molar-refractivity contribution is 7.92. The molecule has 3 rings (SSSR count). The van der Waals surface area contributed by atoms with Crippen LogP contribution in [0.3, 0.4) is 0 Å². The molecule has 1 saturated heterocycles. The lowest BCUT2D eigenvalue weighted by Gasteiger charge is -2.26. The Morgan fingerprint density at radius 3 is 2.35 bits per heavy atom. The van der Waals surface area contributed by atoms with Crippen LogP contribution in [0.15, 0.2) is 59.5 Å². The van der Waals surface area contributed by atoms with Gasteiger partial charge in [0.2, 0.25) is 5.91 Å². The molecular formula is C23H31N3O4S. The Kier molecular flexibility index (Phi) is 8.31. The van der Waals surface area contributed by atoms with Crippen molar-refractivity contribution in [3.63, 3.8) is 0 Å². The summed E-state index contributed by atoms with van der Waals surface area (Å²) in [6.07, 6.45) is 4.62. The molecule has 0 aliphatic carbocycles. The van der Waals surface area contributed by atoms with E-state index in [1.807, 2.05) is 6.07 Å². The standard InChI is InChI=1S/C23H31N3O4S/c1-30-21-11-13-22(14-12-21)31(28,29)26(20-9-4-2-5-10-20)19-23(27)24-15-8-18-25-16-6-3-7-17-25/h2,4-5,9-14H,3,6-8,15-19H2,1H3,(H,24,27). The molecule has 0 radical (unpaired) electrons. The molecule has 2 aromatic carbocycles. The fraction of sp³-hybridized carbons (Fsp3) is 0.435. The van der Waals surface area contributed by atoms with Crippen LogP contribution in [0.5, 0.6) is 5.75 Å². The lowest BCUT2D eigenvalue weighted by Crippen LogP contribution is -2.41. The number of carbonyl (C=O) groups is 1. The van der Waals surface area contributed by atoms with Crippen molar-refractivity contribution in [2.45, 2.75) is 30.6 Å². The van der Waals surface area contributed by atoms with Gasteiger partial charge in [0, 0.05) is 6.54 Å². The first-order valence-corrected chi connectivity index (χ1v) is 12.2. The molecule has 1 N–H and O–H groups in total. The number of methoxy groups -OCH3 is 1. The molecule has 1 amide bonds. The van der Waals surface area contributed by atoms with Gasteiger partial charge >= 0.3 is 0 Å². The Morgan fingerprint density at radius 2 is 1.71 bits per heavy atom. The van der Waals surface area contributed by atoms with Crippen molar-refractivity contribution in [1.29, 1.82) is 0 Å². The summed E-state index contributed by atoms with van der Waals surface area (Å²) < 4.78 is 32.9. The topological polar surface area (TPSA) is 79.0 Å². The Balaban J connectivity index is 1.65. The minimum absolute atomic E-state index is 0.107. The van der Waals surface area contributed by atoms with Gasteiger partial charge in [-0.2, -0.15) is 0 Å². The number of rotatable bonds is 10. The maximum absolute atomic E-state index is 13.3. The number of benzene rings is 2. The Bertz CT molecular complexity index is 927. The van der Waals surface area contributed by atoms with E-state index in [2.05, 4.69) is 10.2 Å². The first-order valence-electron chi connectivity index (χ1n) is 10.7. The van der Waals surface area contributed by atoms with Crippen LogP contribution in [0, 0.1) is 0 Å². The number of sulfonamides is 1. The van der Waals surface area contributed by atoms with Gasteiger partial charge in [0.15, 0.2) is 0 Å². The van der Waals surface area contributed by atoms with E-state index in [1.165, 1.54) is 38.5 Å². The van der Waals surface area contributed by atoms with E-state index in [0.717, 1.165) is 30.4 Å². The lowest BCUT2D eigenvalue weighted by molar-refractivity contribution is -0.119. The molecule has 31 heavy (non-hydrogen) atoms. The number of hydrogen-bond donors (Lipinski definition) is 1. The summed E-state index contributed by atoms with van der Waals surface area (Å²) in [6, 6.07) is 14.8. The molecule has 8 heteroatoms. The minimum atomic E-state index is -3.91. The highest BCUT2D eigenvalue weighted by atomic mass is 32.2. The SMILES string of the molecule is COc1ccc(S(=O)(=O)N(CC(=O)NCCCN2CCCCC2)c2ccccc2)cc1. The van der Waals surface area contributed by atoms with Crippen LogP contribution in [0.1, 0.15) is 25.7 Å². The van der Waals surface area contributed by atoms with Crippen LogP contribution in [-0.4, -0.2) is 59.1 Å². The van der Waals surface area contributed by atoms with Gasteiger partial charge in [0.05, 0.1) is 17.7 Å². The molecule has 168 valence electrons. The van der Waals surface area contributed by atoms with Gasteiger partial charge in [-0.1, -0.05) is 24.6 Å². The summed E-state index contributed by atoms with van der Waals surface area (Å²) in [7, 11) is -2.39. The summed E-state index contributed by atoms with van der Waals surface area (Å²) >= 11 is 0. The van der Waals surface area contributed by atoms with Crippen LogP contribution in [0.2, 0.25) is 0 Å². The first kappa shape index (κ1) is 23.1. The summed E-state index contributed by atoms with van der Waals surface area (Å²) in [5, 5.41) is 2.87. The molecule has 0 bridgehead atoms. The van der Waals surface area contributed by atoms with Crippen molar-refractivity contribution in [3.05, 3.63) is 54.6 Å². The van der Waals surface area contributed by atoms with E-state index in [4.69, 9.17) is 4.74 Å². The molecular weight excluding hydrogens is 414 g/mol. The van der Waals surface area contributed by atoms with Gasteiger partial charge in [-0.05, 0) is 75.3 Å². The van der Waals surface area contributed by atoms with E-state index in [0.29, 0.717) is 18.0 Å². The highest BCUT2D eigenvalue weighted by Gasteiger charge is 2.27. The van der Waals surface area contributed by atoms with Gasteiger partial charge in [-0.3, -0.25) is 9.10 Å². The maximum Gasteiger partial charge on any atom is 0.264 e. The average Bonchev–Trinajstić information content (AvgIpc) is 2.81. The van der Waals surface area contributed by atoms with E-state index in [9.17, 15) is 13.2 Å². The second-order valence-electron chi connectivity index (χ2n) is 7.63. The Hall–Kier alpha value is -2.58. The number of hydrogen-bond acceptors (Lipinski definition) is 5. The van der Waals surface area contributed by atoms with E-state index >= 15 is 0 Å². The molecule has 7 nitrogen and oxygen atoms in total. The number of nitrogens with one attached hydrogen (secondary N) is 1. The van der Waals surface area contributed by atoms with E-state index in [1.54, 1.807) is 36.4 Å². The smallest absolute Gasteiger partial charge is 0.264 e. The molecule has 0 atom stereocenters. The first-order chi connectivity index (χ1) is 15.0. The number of anilines is 1. The number of piperidine rings is 1. The number of para-hydroxylation sites is 1. The van der Waals surface area contributed by atoms with Gasteiger partial charge in [-0.25, -0.2) is 8.42 Å². The fourth-order valence-electron chi connectivity index (χ4n) is 3.68. The van der Waals surface area contributed by atoms with Crippen LogP contribution >= 0.6 is 0 Å². The quantitative estimate of drug-likeness (QED) is 0.569. The third kappa shape index (κ3) is 6.45. The zero-order valence-corrected chi connectivity index (χ0v) is 18.8. The molecule has 1 fully saturated rings. The molecule has 0 spiro atoms. The molecule has 1 aliphatic heterocycles. The number of ether oxygens (including phenoxy) is 1. The second kappa shape index (κ2) is 11.2. The molecule has 1 aliphatic rings. The Morgan fingerprint density at radius 1 is 1.03 bits per heavy atom. The highest BCUT2D eigenvalue weighted by Crippen LogP contribution is 2.24. The third-order valence-corrected chi connectivity index (χ3v) is 7.19. The number of amides is 1. The van der Waals surface area contributed by atoms with Crippen LogP contribution in [-0.2, 0) is 14.8 Å². The average molecular weight is 446 g/mol. The predicted molar refractivity (Wildman–Crippen MR) is 122 cm³/mol. The number of nitrogens with zero attached hydrogens (tertiary/aromatic N) is 2. The molecule has 0 aromatic heterocycles. The van der Waals surface area contributed by atoms with Crippen LogP contribution in [0.25, 0.3) is 0 Å². The van der Waals surface area contributed by atoms with Crippen LogP contribution < -0.4 is 14.4 Å². The van der Waals surface area contributed by atoms with Crippen molar-refractivity contribution in [2.24, 2.45) is 0 Å². The largest absolute Gasteiger partial charge is 0.497 e. The molecule has 0 saturated carbocycles. The van der Waals surface area contributed by atoms with Crippen molar-refractivity contribution in [2.75, 3.05) is 44.1 Å². The normalized spacial score (nSPS) is 14.7. The van der Waals surface area contributed by atoms with Gasteiger partial charge in [0.25, 0.3) is 10.0 Å². The predicted octanol–water partition coefficient (Wildman–Crippen LogP) is 2.88. The third-order valence-electron chi connectivity index (χ3n) is 5.40. The van der Waals surface area contributed by atoms with Crippen molar-refractivity contribution >= 4 is 21.6 Å². The molecule has 0 unspecified atom stereocenters. The van der Waals surface area contributed by atoms with Gasteiger partial charge < -0.3 is 15.0 Å². The number of carbonyl (C=O) groups excluding carboxylic acids is 1. The van der Waals surface area contributed by atoms with Gasteiger partial charge in [-0.15, -0.1) is 0 Å². The maximum atomic E-state index is 13.3. The lowest BCUT2D eigenvalue weighted by atomic mass is 10.1. The van der Waals surface area contributed by atoms with E-state index < -0.39 is 10.0 Å². The number of likely N-dealkylation sites (tertiary alicyclic amines) is 1. The van der Waals surface area contributed by atoms with Crippen LogP contribution in [0.4, 0.5) is 5.69 Å². The van der Waals surface area contributed by atoms with Crippen molar-refractivity contribution < 1.29 is 17.9 Å². The monoisotopic (exact) mass is 445 g/mol. The summed E-state index contributed by atoms with van der Waals surface area (Å²) in [4.78, 5) is 15.1. The molecule has 2 aromatic rings. The van der Waals surface area contributed by atoms with E-state index in [-0.39, 0.29) is 17.3 Å². The summed E-state index contributed by atoms with van der Waals surface area (Å²) in [6.45, 7) is 3.45. The van der Waals surface area contributed by atoms with Gasteiger partial charge in [0.1, 0.15) is 12.3 Å². The van der Waals surface area contributed by atoms with Crippen molar-refractivity contribution in [1.82, 2.24) is 10.2 Å². The summed E-state index contributed by atoms with van der Waals surface area (Å²) in [5.41, 5.74) is 0.446. The van der Waals surface area contributed by atoms with Crippen molar-refractivity contribution in [3.8, 4) is 5.75 Å². The minimum Gasteiger partial charge on any atom is -0.497 e. The summed E-state index contributed by atoms with van der Waals surface area (Å²) in [5.74, 6) is 0.247. The second-order valence-corrected chi connectivity index (χ2v) is 9.49. The zero-order valence-electron chi connectivity index (χ0n) is 18.0.